The predicted octanol–water partition coefficient (Wildman–Crippen LogP) is 1.51. The summed E-state index contributed by atoms with van der Waals surface area (Å²) in [6, 6.07) is 9.83. The molecule has 1 rings (SSSR count). The number of amides is 1. The molecule has 5 heteroatoms. The molecule has 0 aliphatic rings. The van der Waals surface area contributed by atoms with E-state index in [2.05, 4.69) is 5.32 Å². The van der Waals surface area contributed by atoms with E-state index in [0.29, 0.717) is 0 Å². The Bertz CT molecular complexity index is 381. The van der Waals surface area contributed by atoms with Gasteiger partial charge in [0.2, 0.25) is 5.91 Å². The number of carbonyl (C=O) groups is 2. The summed E-state index contributed by atoms with van der Waals surface area (Å²) in [7, 11) is 0. The van der Waals surface area contributed by atoms with E-state index in [1.807, 2.05) is 30.3 Å². The van der Waals surface area contributed by atoms with Gasteiger partial charge in [0.1, 0.15) is 6.54 Å². The Hall–Kier alpha value is -1.49. The zero-order valence-electron chi connectivity index (χ0n) is 9.55. The predicted molar refractivity (Wildman–Crippen MR) is 67.8 cm³/mol. The first kappa shape index (κ1) is 13.6. The molecule has 1 unspecified atom stereocenters. The van der Waals surface area contributed by atoms with E-state index in [4.69, 9.17) is 5.11 Å². The van der Waals surface area contributed by atoms with E-state index >= 15 is 0 Å². The van der Waals surface area contributed by atoms with Crippen LogP contribution < -0.4 is 5.32 Å². The molecule has 0 saturated heterocycles. The van der Waals surface area contributed by atoms with E-state index in [1.54, 1.807) is 6.92 Å². The number of hydrogen-bond acceptors (Lipinski definition) is 3. The summed E-state index contributed by atoms with van der Waals surface area (Å²) in [6.07, 6.45) is 0. The number of hydrogen-bond donors (Lipinski definition) is 2. The Morgan fingerprint density at radius 1 is 1.35 bits per heavy atom. The van der Waals surface area contributed by atoms with Crippen LogP contribution in [0.2, 0.25) is 0 Å². The van der Waals surface area contributed by atoms with Crippen molar-refractivity contribution < 1.29 is 14.7 Å². The molecule has 0 aliphatic carbocycles. The van der Waals surface area contributed by atoms with E-state index in [-0.39, 0.29) is 17.7 Å². The number of rotatable bonds is 6. The molecule has 0 fully saturated rings. The van der Waals surface area contributed by atoms with Gasteiger partial charge in [-0.25, -0.2) is 0 Å². The number of aliphatic carboxylic acids is 1. The van der Waals surface area contributed by atoms with Gasteiger partial charge in [-0.2, -0.15) is 0 Å². The van der Waals surface area contributed by atoms with Crippen molar-refractivity contribution in [1.82, 2.24) is 5.32 Å². The molecule has 0 radical (unpaired) electrons. The molecular formula is C12H15NO3S. The van der Waals surface area contributed by atoms with Gasteiger partial charge in [0.05, 0.1) is 5.25 Å². The van der Waals surface area contributed by atoms with Gasteiger partial charge in [-0.1, -0.05) is 30.3 Å². The minimum atomic E-state index is -1.03. The summed E-state index contributed by atoms with van der Waals surface area (Å²) in [5.41, 5.74) is 1.15. The van der Waals surface area contributed by atoms with Crippen molar-refractivity contribution in [3.05, 3.63) is 35.9 Å². The molecule has 1 aromatic carbocycles. The maximum absolute atomic E-state index is 11.5. The number of nitrogens with one attached hydrogen (secondary N) is 1. The zero-order chi connectivity index (χ0) is 12.7. The average molecular weight is 253 g/mol. The number of benzene rings is 1. The Kier molecular flexibility index (Phi) is 5.56. The highest BCUT2D eigenvalue weighted by atomic mass is 32.2. The topological polar surface area (TPSA) is 66.4 Å². The van der Waals surface area contributed by atoms with Crippen molar-refractivity contribution in [2.45, 2.75) is 17.9 Å². The van der Waals surface area contributed by atoms with Crippen molar-refractivity contribution in [1.29, 1.82) is 0 Å². The normalized spacial score (nSPS) is 11.8. The lowest BCUT2D eigenvalue weighted by atomic mass is 10.2. The van der Waals surface area contributed by atoms with Crippen molar-refractivity contribution >= 4 is 23.6 Å². The second kappa shape index (κ2) is 6.96. The minimum absolute atomic E-state index is 0.242. The number of thioether (sulfide) groups is 1. The highest BCUT2D eigenvalue weighted by Gasteiger charge is 2.13. The van der Waals surface area contributed by atoms with Crippen molar-refractivity contribution in [2.75, 3.05) is 6.54 Å². The number of carbonyl (C=O) groups excluding carboxylic acids is 1. The van der Waals surface area contributed by atoms with Crippen LogP contribution in [0, 0.1) is 0 Å². The first-order chi connectivity index (χ1) is 8.09. The molecule has 17 heavy (non-hydrogen) atoms. The van der Waals surface area contributed by atoms with Gasteiger partial charge < -0.3 is 10.4 Å². The number of carboxylic acid groups (broad SMARTS) is 1. The molecule has 4 nitrogen and oxygen atoms in total. The first-order valence-electron chi connectivity index (χ1n) is 5.24. The highest BCUT2D eigenvalue weighted by molar-refractivity contribution is 7.99. The molecule has 0 bridgehead atoms. The molecule has 2 N–H and O–H groups in total. The zero-order valence-corrected chi connectivity index (χ0v) is 10.4. The lowest BCUT2D eigenvalue weighted by molar-refractivity contribution is -0.137. The van der Waals surface area contributed by atoms with Crippen LogP contribution in [0.3, 0.4) is 0 Å². The van der Waals surface area contributed by atoms with Crippen LogP contribution in [0.15, 0.2) is 30.3 Å². The second-order valence-electron chi connectivity index (χ2n) is 3.55. The maximum Gasteiger partial charge on any atom is 0.322 e. The van der Waals surface area contributed by atoms with Crippen LogP contribution in [0.1, 0.15) is 12.5 Å². The third-order valence-electron chi connectivity index (χ3n) is 2.13. The first-order valence-corrected chi connectivity index (χ1v) is 6.29. The van der Waals surface area contributed by atoms with Crippen LogP contribution in [0.5, 0.6) is 0 Å². The van der Waals surface area contributed by atoms with Gasteiger partial charge in [0.15, 0.2) is 0 Å². The van der Waals surface area contributed by atoms with Crippen LogP contribution in [-0.4, -0.2) is 28.8 Å². The minimum Gasteiger partial charge on any atom is -0.480 e. The molecule has 1 aromatic rings. The van der Waals surface area contributed by atoms with Gasteiger partial charge in [-0.15, -0.1) is 11.8 Å². The largest absolute Gasteiger partial charge is 0.480 e. The van der Waals surface area contributed by atoms with Gasteiger partial charge in [0.25, 0.3) is 0 Å². The molecule has 92 valence electrons. The summed E-state index contributed by atoms with van der Waals surface area (Å²) >= 11 is 1.48. The SMILES string of the molecule is CC(SCc1ccccc1)C(=O)NCC(=O)O. The van der Waals surface area contributed by atoms with Gasteiger partial charge in [-0.3, -0.25) is 9.59 Å². The van der Waals surface area contributed by atoms with E-state index in [0.717, 1.165) is 11.3 Å². The monoisotopic (exact) mass is 253 g/mol. The van der Waals surface area contributed by atoms with Gasteiger partial charge in [-0.05, 0) is 12.5 Å². The lowest BCUT2D eigenvalue weighted by Crippen LogP contribution is -2.34. The van der Waals surface area contributed by atoms with Crippen LogP contribution >= 0.6 is 11.8 Å². The average Bonchev–Trinajstić information content (AvgIpc) is 2.34. The quantitative estimate of drug-likeness (QED) is 0.806. The van der Waals surface area contributed by atoms with E-state index in [9.17, 15) is 9.59 Å². The Morgan fingerprint density at radius 2 is 2.00 bits per heavy atom. The standard InChI is InChI=1S/C12H15NO3S/c1-9(12(16)13-7-11(14)15)17-8-10-5-3-2-4-6-10/h2-6,9H,7-8H2,1H3,(H,13,16)(H,14,15). The van der Waals surface area contributed by atoms with Crippen molar-refractivity contribution in [2.24, 2.45) is 0 Å². The third-order valence-corrected chi connectivity index (χ3v) is 3.34. The maximum atomic E-state index is 11.5. The molecular weight excluding hydrogens is 238 g/mol. The summed E-state index contributed by atoms with van der Waals surface area (Å²) in [5, 5.41) is 10.5. The summed E-state index contributed by atoms with van der Waals surface area (Å²) in [5.74, 6) is -0.533. The molecule has 0 spiro atoms. The fourth-order valence-corrected chi connectivity index (χ4v) is 2.05. The number of carboxylic acids is 1. The molecule has 0 aromatic heterocycles. The van der Waals surface area contributed by atoms with Gasteiger partial charge >= 0.3 is 5.97 Å². The smallest absolute Gasteiger partial charge is 0.322 e. The molecule has 0 heterocycles. The fourth-order valence-electron chi connectivity index (χ4n) is 1.18. The third kappa shape index (κ3) is 5.40. The lowest BCUT2D eigenvalue weighted by Gasteiger charge is -2.10. The molecule has 1 atom stereocenters. The highest BCUT2D eigenvalue weighted by Crippen LogP contribution is 2.17. The summed E-state index contributed by atoms with van der Waals surface area (Å²) in [4.78, 5) is 21.8. The molecule has 0 saturated carbocycles. The second-order valence-corrected chi connectivity index (χ2v) is 4.88. The summed E-state index contributed by atoms with van der Waals surface area (Å²) in [6.45, 7) is 1.44. The summed E-state index contributed by atoms with van der Waals surface area (Å²) < 4.78 is 0. The van der Waals surface area contributed by atoms with Crippen molar-refractivity contribution in [3.63, 3.8) is 0 Å². The molecule has 0 aliphatic heterocycles. The molecule has 1 amide bonds. The van der Waals surface area contributed by atoms with E-state index < -0.39 is 5.97 Å². The van der Waals surface area contributed by atoms with Crippen LogP contribution in [-0.2, 0) is 15.3 Å². The Morgan fingerprint density at radius 3 is 2.59 bits per heavy atom. The van der Waals surface area contributed by atoms with Crippen molar-refractivity contribution in [3.8, 4) is 0 Å². The van der Waals surface area contributed by atoms with Crippen LogP contribution in [0.4, 0.5) is 0 Å². The van der Waals surface area contributed by atoms with E-state index in [1.165, 1.54) is 11.8 Å². The Balaban J connectivity index is 2.31. The van der Waals surface area contributed by atoms with Gasteiger partial charge in [0, 0.05) is 5.75 Å². The Labute approximate surface area is 104 Å². The fraction of sp³-hybridized carbons (Fsp3) is 0.333. The van der Waals surface area contributed by atoms with Crippen LogP contribution in [0.25, 0.3) is 0 Å².